The van der Waals surface area contributed by atoms with Crippen molar-refractivity contribution in [1.82, 2.24) is 19.6 Å². The van der Waals surface area contributed by atoms with Crippen molar-refractivity contribution in [3.8, 4) is 0 Å². The average molecular weight is 422 g/mol. The Kier molecular flexibility index (Phi) is 6.87. The Morgan fingerprint density at radius 1 is 1.11 bits per heavy atom. The predicted molar refractivity (Wildman–Crippen MR) is 110 cm³/mol. The first-order valence-corrected chi connectivity index (χ1v) is 11.8. The Balaban J connectivity index is 1.50. The average Bonchev–Trinajstić information content (AvgIpc) is 2.74. The number of nitrogens with one attached hydrogen (secondary N) is 1. The van der Waals surface area contributed by atoms with Crippen LogP contribution in [-0.2, 0) is 10.0 Å². The standard InChI is InChI=1S/C18H23N5O3S2/c1-27-16-6-3-2-5-15(16)17(24)19-9-14-28(25,26)23-12-10-22(11-13-23)18-20-7-4-8-21-18/h2-8H,9-14H2,1H3,(H,19,24). The van der Waals surface area contributed by atoms with Crippen LogP contribution in [0.5, 0.6) is 0 Å². The molecule has 1 amide bonds. The number of nitrogens with zero attached hydrogens (tertiary/aromatic N) is 4. The minimum Gasteiger partial charge on any atom is -0.351 e. The summed E-state index contributed by atoms with van der Waals surface area (Å²) >= 11 is 1.48. The van der Waals surface area contributed by atoms with Gasteiger partial charge in [-0.25, -0.2) is 18.4 Å². The number of hydrogen-bond acceptors (Lipinski definition) is 7. The fourth-order valence-electron chi connectivity index (χ4n) is 2.97. The molecular formula is C18H23N5O3S2. The van der Waals surface area contributed by atoms with Crippen molar-refractivity contribution in [3.63, 3.8) is 0 Å². The first-order valence-electron chi connectivity index (χ1n) is 8.92. The fourth-order valence-corrected chi connectivity index (χ4v) is 4.90. The van der Waals surface area contributed by atoms with Crippen molar-refractivity contribution in [1.29, 1.82) is 0 Å². The second kappa shape index (κ2) is 9.35. The molecule has 8 nitrogen and oxygen atoms in total. The normalized spacial score (nSPS) is 15.4. The highest BCUT2D eigenvalue weighted by molar-refractivity contribution is 7.98. The third-order valence-corrected chi connectivity index (χ3v) is 7.13. The molecule has 28 heavy (non-hydrogen) atoms. The van der Waals surface area contributed by atoms with Crippen LogP contribution in [0.3, 0.4) is 0 Å². The number of hydrogen-bond donors (Lipinski definition) is 1. The van der Waals surface area contributed by atoms with E-state index in [9.17, 15) is 13.2 Å². The second-order valence-corrected chi connectivity index (χ2v) is 9.14. The smallest absolute Gasteiger partial charge is 0.252 e. The van der Waals surface area contributed by atoms with Gasteiger partial charge in [-0.15, -0.1) is 11.8 Å². The molecule has 1 fully saturated rings. The monoisotopic (exact) mass is 421 g/mol. The maximum absolute atomic E-state index is 12.6. The zero-order valence-electron chi connectivity index (χ0n) is 15.6. The molecule has 0 spiro atoms. The van der Waals surface area contributed by atoms with E-state index in [2.05, 4.69) is 15.3 Å². The molecule has 150 valence electrons. The summed E-state index contributed by atoms with van der Waals surface area (Å²) in [6.07, 6.45) is 5.24. The first kappa shape index (κ1) is 20.6. The maximum Gasteiger partial charge on any atom is 0.252 e. The molecule has 1 aliphatic heterocycles. The van der Waals surface area contributed by atoms with Gasteiger partial charge >= 0.3 is 0 Å². The summed E-state index contributed by atoms with van der Waals surface area (Å²) in [6, 6.07) is 9.01. The van der Waals surface area contributed by atoms with E-state index in [1.54, 1.807) is 30.6 Å². The minimum atomic E-state index is -3.44. The lowest BCUT2D eigenvalue weighted by Crippen LogP contribution is -2.50. The molecule has 1 saturated heterocycles. The van der Waals surface area contributed by atoms with Gasteiger partial charge in [0, 0.05) is 50.0 Å². The van der Waals surface area contributed by atoms with Gasteiger partial charge in [0.05, 0.1) is 11.3 Å². The van der Waals surface area contributed by atoms with E-state index in [4.69, 9.17) is 0 Å². The van der Waals surface area contributed by atoms with Crippen LogP contribution in [0.15, 0.2) is 47.6 Å². The topological polar surface area (TPSA) is 95.5 Å². The third-order valence-electron chi connectivity index (χ3n) is 4.46. The van der Waals surface area contributed by atoms with Gasteiger partial charge in [-0.1, -0.05) is 12.1 Å². The molecule has 0 saturated carbocycles. The van der Waals surface area contributed by atoms with Crippen LogP contribution in [0.25, 0.3) is 0 Å². The highest BCUT2D eigenvalue weighted by Gasteiger charge is 2.27. The molecule has 0 aliphatic carbocycles. The molecule has 1 aromatic heterocycles. The zero-order valence-corrected chi connectivity index (χ0v) is 17.2. The number of rotatable bonds is 7. The summed E-state index contributed by atoms with van der Waals surface area (Å²) in [5, 5.41) is 2.71. The summed E-state index contributed by atoms with van der Waals surface area (Å²) in [5.74, 6) is 0.229. The van der Waals surface area contributed by atoms with E-state index in [1.165, 1.54) is 16.1 Å². The Morgan fingerprint density at radius 2 is 1.79 bits per heavy atom. The van der Waals surface area contributed by atoms with Crippen LogP contribution < -0.4 is 10.2 Å². The lowest BCUT2D eigenvalue weighted by Gasteiger charge is -2.33. The van der Waals surface area contributed by atoms with Gasteiger partial charge in [0.25, 0.3) is 5.91 Å². The van der Waals surface area contributed by atoms with Crippen LogP contribution in [0.1, 0.15) is 10.4 Å². The predicted octanol–water partition coefficient (Wildman–Crippen LogP) is 1.08. The molecule has 3 rings (SSSR count). The zero-order chi connectivity index (χ0) is 20.0. The Morgan fingerprint density at radius 3 is 2.46 bits per heavy atom. The van der Waals surface area contributed by atoms with Crippen LogP contribution in [-0.4, -0.2) is 73.3 Å². The number of amides is 1. The largest absolute Gasteiger partial charge is 0.351 e. The van der Waals surface area contributed by atoms with Gasteiger partial charge in [0.2, 0.25) is 16.0 Å². The molecule has 2 heterocycles. The van der Waals surface area contributed by atoms with Crippen molar-refractivity contribution in [2.45, 2.75) is 4.90 Å². The quantitative estimate of drug-likeness (QED) is 0.669. The van der Waals surface area contributed by atoms with E-state index in [-0.39, 0.29) is 18.2 Å². The van der Waals surface area contributed by atoms with Crippen molar-refractivity contribution >= 4 is 33.6 Å². The summed E-state index contributed by atoms with van der Waals surface area (Å²) in [7, 11) is -3.44. The molecule has 1 N–H and O–H groups in total. The van der Waals surface area contributed by atoms with Crippen LogP contribution in [0, 0.1) is 0 Å². The van der Waals surface area contributed by atoms with Crippen LogP contribution >= 0.6 is 11.8 Å². The molecule has 1 aliphatic rings. The Labute approximate surface area is 169 Å². The highest BCUT2D eigenvalue weighted by Crippen LogP contribution is 2.19. The number of sulfonamides is 1. The molecule has 0 bridgehead atoms. The molecule has 0 radical (unpaired) electrons. The minimum absolute atomic E-state index is 0.0753. The lowest BCUT2D eigenvalue weighted by molar-refractivity contribution is 0.0953. The van der Waals surface area contributed by atoms with Crippen LogP contribution in [0.2, 0.25) is 0 Å². The number of anilines is 1. The van der Waals surface area contributed by atoms with Gasteiger partial charge in [0.1, 0.15) is 0 Å². The van der Waals surface area contributed by atoms with Crippen molar-refractivity contribution < 1.29 is 13.2 Å². The number of piperazine rings is 1. The summed E-state index contributed by atoms with van der Waals surface area (Å²) in [6.45, 7) is 1.91. The van der Waals surface area contributed by atoms with Gasteiger partial charge in [0.15, 0.2) is 0 Å². The van der Waals surface area contributed by atoms with E-state index in [0.717, 1.165) is 4.90 Å². The number of carbonyl (C=O) groups excluding carboxylic acids is 1. The SMILES string of the molecule is CSc1ccccc1C(=O)NCCS(=O)(=O)N1CCN(c2ncccn2)CC1. The number of thioether (sulfide) groups is 1. The fraction of sp³-hybridized carbons (Fsp3) is 0.389. The third kappa shape index (κ3) is 5.00. The van der Waals surface area contributed by atoms with Gasteiger partial charge in [-0.3, -0.25) is 4.79 Å². The van der Waals surface area contributed by atoms with E-state index in [0.29, 0.717) is 37.7 Å². The number of aromatic nitrogens is 2. The van der Waals surface area contributed by atoms with Crippen molar-refractivity contribution in [2.24, 2.45) is 0 Å². The van der Waals surface area contributed by atoms with Crippen molar-refractivity contribution in [2.75, 3.05) is 49.6 Å². The molecule has 0 atom stereocenters. The number of carbonyl (C=O) groups is 1. The van der Waals surface area contributed by atoms with E-state index >= 15 is 0 Å². The summed E-state index contributed by atoms with van der Waals surface area (Å²) in [5.41, 5.74) is 0.559. The van der Waals surface area contributed by atoms with Gasteiger partial charge in [-0.05, 0) is 24.5 Å². The molecule has 2 aromatic rings. The molecule has 0 unspecified atom stereocenters. The first-order chi connectivity index (χ1) is 13.5. The van der Waals surface area contributed by atoms with E-state index in [1.807, 2.05) is 23.3 Å². The molecule has 10 heteroatoms. The summed E-state index contributed by atoms with van der Waals surface area (Å²) in [4.78, 5) is 23.6. The summed E-state index contributed by atoms with van der Waals surface area (Å²) < 4.78 is 26.6. The Bertz CT molecular complexity index is 900. The number of benzene rings is 1. The van der Waals surface area contributed by atoms with Crippen LogP contribution in [0.4, 0.5) is 5.95 Å². The molecule has 1 aromatic carbocycles. The van der Waals surface area contributed by atoms with Crippen molar-refractivity contribution in [3.05, 3.63) is 48.3 Å². The van der Waals surface area contributed by atoms with Gasteiger partial charge in [-0.2, -0.15) is 4.31 Å². The second-order valence-electron chi connectivity index (χ2n) is 6.21. The Hall–Kier alpha value is -2.17. The molecular weight excluding hydrogens is 398 g/mol. The maximum atomic E-state index is 12.6. The highest BCUT2D eigenvalue weighted by atomic mass is 32.2. The lowest BCUT2D eigenvalue weighted by atomic mass is 10.2. The van der Waals surface area contributed by atoms with E-state index < -0.39 is 10.0 Å². The van der Waals surface area contributed by atoms with Gasteiger partial charge < -0.3 is 10.2 Å².